The molecule has 5 nitrogen and oxygen atoms in total. The molecule has 2 rings (SSSR count). The summed E-state index contributed by atoms with van der Waals surface area (Å²) >= 11 is 0. The van der Waals surface area contributed by atoms with Gasteiger partial charge in [-0.2, -0.15) is 0 Å². The monoisotopic (exact) mass is 222 g/mol. The van der Waals surface area contributed by atoms with Crippen molar-refractivity contribution in [2.45, 2.75) is 12.6 Å². The van der Waals surface area contributed by atoms with Gasteiger partial charge in [0, 0.05) is 6.54 Å². The Bertz CT molecular complexity index is 364. The number of nitrogens with two attached hydrogens (primary N) is 1. The van der Waals surface area contributed by atoms with Crippen molar-refractivity contribution < 1.29 is 14.3 Å². The fraction of sp³-hybridized carbons (Fsp3) is 0.364. The van der Waals surface area contributed by atoms with E-state index in [-0.39, 0.29) is 12.2 Å². The molecule has 0 aliphatic carbocycles. The quantitative estimate of drug-likeness (QED) is 0.783. The molecule has 1 aromatic carbocycles. The van der Waals surface area contributed by atoms with E-state index in [1.807, 2.05) is 24.3 Å². The van der Waals surface area contributed by atoms with Gasteiger partial charge in [0.05, 0.1) is 6.54 Å². The minimum absolute atomic E-state index is 0.207. The van der Waals surface area contributed by atoms with Crippen molar-refractivity contribution in [3.8, 4) is 5.75 Å². The zero-order chi connectivity index (χ0) is 11.4. The van der Waals surface area contributed by atoms with Crippen molar-refractivity contribution >= 4 is 6.09 Å². The lowest BCUT2D eigenvalue weighted by molar-refractivity contribution is 0.105. The number of hydrogen-bond acceptors (Lipinski definition) is 4. The number of amides is 1. The first-order valence-corrected chi connectivity index (χ1v) is 5.14. The number of carbonyl (C=O) groups excluding carboxylic acids is 1. The second-order valence-corrected chi connectivity index (χ2v) is 3.57. The second kappa shape index (κ2) is 4.85. The van der Waals surface area contributed by atoms with Crippen molar-refractivity contribution in [2.75, 3.05) is 13.2 Å². The normalized spacial score (nSPS) is 19.1. The Morgan fingerprint density at radius 2 is 2.19 bits per heavy atom. The van der Waals surface area contributed by atoms with Crippen LogP contribution >= 0.6 is 0 Å². The van der Waals surface area contributed by atoms with Crippen molar-refractivity contribution in [3.05, 3.63) is 29.8 Å². The molecule has 16 heavy (non-hydrogen) atoms. The first kappa shape index (κ1) is 10.8. The lowest BCUT2D eigenvalue weighted by atomic mass is 10.2. The van der Waals surface area contributed by atoms with Crippen molar-refractivity contribution in [1.29, 1.82) is 0 Å². The molecular formula is C11H14N2O3. The predicted molar refractivity (Wildman–Crippen MR) is 58.1 cm³/mol. The maximum Gasteiger partial charge on any atom is 0.407 e. The van der Waals surface area contributed by atoms with Gasteiger partial charge in [-0.05, 0) is 17.7 Å². The van der Waals surface area contributed by atoms with E-state index in [1.165, 1.54) is 0 Å². The summed E-state index contributed by atoms with van der Waals surface area (Å²) in [5, 5.41) is 2.57. The minimum atomic E-state index is -0.382. The van der Waals surface area contributed by atoms with Crippen LogP contribution in [0.5, 0.6) is 5.75 Å². The Morgan fingerprint density at radius 3 is 2.75 bits per heavy atom. The third-order valence-electron chi connectivity index (χ3n) is 2.34. The highest BCUT2D eigenvalue weighted by atomic mass is 16.6. The van der Waals surface area contributed by atoms with E-state index in [2.05, 4.69) is 5.32 Å². The number of rotatable bonds is 4. The highest BCUT2D eigenvalue weighted by Gasteiger charge is 2.22. The molecule has 86 valence electrons. The molecule has 1 aromatic rings. The summed E-state index contributed by atoms with van der Waals surface area (Å²) in [6.07, 6.45) is -0.589. The highest BCUT2D eigenvalue weighted by molar-refractivity contribution is 5.69. The third-order valence-corrected chi connectivity index (χ3v) is 2.34. The van der Waals surface area contributed by atoms with Crippen LogP contribution in [0.3, 0.4) is 0 Å². The SMILES string of the molecule is NCc1ccc(OCC2CNC(=O)O2)cc1. The van der Waals surface area contributed by atoms with Crippen LogP contribution < -0.4 is 15.8 Å². The first-order valence-electron chi connectivity index (χ1n) is 5.14. The standard InChI is InChI=1S/C11H14N2O3/c12-5-8-1-3-9(4-2-8)15-7-10-6-13-11(14)16-10/h1-4,10H,5-7,12H2,(H,13,14). The van der Waals surface area contributed by atoms with Gasteiger partial charge in [-0.25, -0.2) is 4.79 Å². The van der Waals surface area contributed by atoms with Gasteiger partial charge in [0.25, 0.3) is 0 Å². The lowest BCUT2D eigenvalue weighted by Gasteiger charge is -2.10. The fourth-order valence-electron chi connectivity index (χ4n) is 1.44. The van der Waals surface area contributed by atoms with Gasteiger partial charge in [0.2, 0.25) is 0 Å². The first-order chi connectivity index (χ1) is 7.78. The van der Waals surface area contributed by atoms with E-state index < -0.39 is 0 Å². The molecule has 1 amide bonds. The van der Waals surface area contributed by atoms with E-state index in [9.17, 15) is 4.79 Å². The number of carbonyl (C=O) groups is 1. The molecule has 0 bridgehead atoms. The summed E-state index contributed by atoms with van der Waals surface area (Å²) in [4.78, 5) is 10.7. The summed E-state index contributed by atoms with van der Waals surface area (Å²) in [5.41, 5.74) is 6.54. The van der Waals surface area contributed by atoms with Gasteiger partial charge in [-0.3, -0.25) is 0 Å². The Hall–Kier alpha value is -1.75. The molecule has 1 aliphatic heterocycles. The fourth-order valence-corrected chi connectivity index (χ4v) is 1.44. The van der Waals surface area contributed by atoms with E-state index in [0.717, 1.165) is 11.3 Å². The van der Waals surface area contributed by atoms with Crippen LogP contribution in [0.4, 0.5) is 4.79 Å². The summed E-state index contributed by atoms with van der Waals surface area (Å²) < 4.78 is 10.4. The third kappa shape index (κ3) is 2.64. The van der Waals surface area contributed by atoms with E-state index in [4.69, 9.17) is 15.2 Å². The largest absolute Gasteiger partial charge is 0.490 e. The molecule has 1 unspecified atom stereocenters. The van der Waals surface area contributed by atoms with Crippen molar-refractivity contribution in [3.63, 3.8) is 0 Å². The number of benzene rings is 1. The van der Waals surface area contributed by atoms with E-state index >= 15 is 0 Å². The number of ether oxygens (including phenoxy) is 2. The van der Waals surface area contributed by atoms with Gasteiger partial charge >= 0.3 is 6.09 Å². The Balaban J connectivity index is 1.82. The van der Waals surface area contributed by atoms with Gasteiger partial charge < -0.3 is 20.5 Å². The van der Waals surface area contributed by atoms with Crippen LogP contribution in [0, 0.1) is 0 Å². The number of hydrogen-bond donors (Lipinski definition) is 2. The van der Waals surface area contributed by atoms with Crippen LogP contribution in [0.25, 0.3) is 0 Å². The van der Waals surface area contributed by atoms with Crippen LogP contribution in [-0.2, 0) is 11.3 Å². The molecule has 1 atom stereocenters. The lowest BCUT2D eigenvalue weighted by Crippen LogP contribution is -2.21. The second-order valence-electron chi connectivity index (χ2n) is 3.57. The topological polar surface area (TPSA) is 73.6 Å². The number of alkyl carbamates (subject to hydrolysis) is 1. The molecule has 0 spiro atoms. The molecule has 0 aromatic heterocycles. The molecule has 1 aliphatic rings. The van der Waals surface area contributed by atoms with Crippen molar-refractivity contribution in [1.82, 2.24) is 5.32 Å². The van der Waals surface area contributed by atoms with Gasteiger partial charge in [-0.1, -0.05) is 12.1 Å². The molecule has 1 fully saturated rings. The Kier molecular flexibility index (Phi) is 3.26. The number of cyclic esters (lactones) is 1. The molecule has 0 saturated carbocycles. The molecule has 0 radical (unpaired) electrons. The molecule has 1 heterocycles. The van der Waals surface area contributed by atoms with Crippen LogP contribution in [0.2, 0.25) is 0 Å². The van der Waals surface area contributed by atoms with Crippen LogP contribution in [0.1, 0.15) is 5.56 Å². The molecule has 3 N–H and O–H groups in total. The van der Waals surface area contributed by atoms with Crippen LogP contribution in [-0.4, -0.2) is 25.3 Å². The smallest absolute Gasteiger partial charge is 0.407 e. The molecule has 5 heteroatoms. The van der Waals surface area contributed by atoms with E-state index in [0.29, 0.717) is 19.7 Å². The summed E-state index contributed by atoms with van der Waals surface area (Å²) in [6.45, 7) is 1.38. The van der Waals surface area contributed by atoms with Crippen molar-refractivity contribution in [2.24, 2.45) is 5.73 Å². The predicted octanol–water partition coefficient (Wildman–Crippen LogP) is 0.632. The van der Waals surface area contributed by atoms with Crippen LogP contribution in [0.15, 0.2) is 24.3 Å². The maximum absolute atomic E-state index is 10.7. The van der Waals surface area contributed by atoms with Gasteiger partial charge in [0.1, 0.15) is 12.4 Å². The Morgan fingerprint density at radius 1 is 1.44 bits per heavy atom. The summed E-state index contributed by atoms with van der Waals surface area (Å²) in [6, 6.07) is 7.53. The average Bonchev–Trinajstić information content (AvgIpc) is 2.73. The Labute approximate surface area is 93.5 Å². The van der Waals surface area contributed by atoms with Gasteiger partial charge in [0.15, 0.2) is 6.10 Å². The zero-order valence-electron chi connectivity index (χ0n) is 8.81. The molecule has 1 saturated heterocycles. The summed E-state index contributed by atoms with van der Waals surface area (Å²) in [5.74, 6) is 0.750. The minimum Gasteiger partial charge on any atom is -0.490 e. The average molecular weight is 222 g/mol. The number of nitrogens with one attached hydrogen (secondary N) is 1. The molecular weight excluding hydrogens is 208 g/mol. The van der Waals surface area contributed by atoms with Gasteiger partial charge in [-0.15, -0.1) is 0 Å². The zero-order valence-corrected chi connectivity index (χ0v) is 8.81. The summed E-state index contributed by atoms with van der Waals surface area (Å²) in [7, 11) is 0. The van der Waals surface area contributed by atoms with E-state index in [1.54, 1.807) is 0 Å². The maximum atomic E-state index is 10.7. The highest BCUT2D eigenvalue weighted by Crippen LogP contribution is 2.13.